The molecule has 0 unspecified atom stereocenters. The Morgan fingerprint density at radius 3 is 2.27 bits per heavy atom. The van der Waals surface area contributed by atoms with E-state index in [2.05, 4.69) is 15.4 Å². The van der Waals surface area contributed by atoms with Gasteiger partial charge in [0.05, 0.1) is 17.2 Å². The molecule has 2 N–H and O–H groups in total. The van der Waals surface area contributed by atoms with Crippen molar-refractivity contribution in [3.63, 3.8) is 0 Å². The van der Waals surface area contributed by atoms with Crippen LogP contribution in [-0.2, 0) is 4.74 Å². The van der Waals surface area contributed by atoms with Crippen LogP contribution in [0.5, 0.6) is 0 Å². The van der Waals surface area contributed by atoms with Gasteiger partial charge in [-0.05, 0) is 36.4 Å². The molecule has 2 amide bonds. The topological polar surface area (TPSA) is 67.4 Å². The number of halogens is 2. The van der Waals surface area contributed by atoms with Gasteiger partial charge in [0.2, 0.25) is 0 Å². The maximum Gasteiger partial charge on any atom is 0.411 e. The van der Waals surface area contributed by atoms with Gasteiger partial charge in [-0.25, -0.2) is 4.79 Å². The number of nitrogens with one attached hydrogen (secondary N) is 2. The molecule has 2 aromatic carbocycles. The fraction of sp³-hybridized carbons (Fsp3) is 0.0667. The van der Waals surface area contributed by atoms with Crippen molar-refractivity contribution in [2.45, 2.75) is 0 Å². The summed E-state index contributed by atoms with van der Waals surface area (Å²) in [7, 11) is 1.27. The first-order chi connectivity index (χ1) is 10.5. The molecule has 0 saturated heterocycles. The summed E-state index contributed by atoms with van der Waals surface area (Å²) in [5, 5.41) is 5.89. The summed E-state index contributed by atoms with van der Waals surface area (Å²) in [5.74, 6) is -0.339. The van der Waals surface area contributed by atoms with Crippen molar-refractivity contribution in [3.8, 4) is 0 Å². The highest BCUT2D eigenvalue weighted by molar-refractivity contribution is 6.42. The molecule has 114 valence electrons. The summed E-state index contributed by atoms with van der Waals surface area (Å²) in [4.78, 5) is 23.3. The Morgan fingerprint density at radius 1 is 0.955 bits per heavy atom. The fourth-order valence-electron chi connectivity index (χ4n) is 1.68. The maximum absolute atomic E-state index is 12.1. The van der Waals surface area contributed by atoms with Gasteiger partial charge < -0.3 is 10.1 Å². The second kappa shape index (κ2) is 7.15. The lowest BCUT2D eigenvalue weighted by Crippen LogP contribution is -2.13. The molecular weight excluding hydrogens is 327 g/mol. The predicted molar refractivity (Wildman–Crippen MR) is 86.9 cm³/mol. The molecule has 0 heterocycles. The quantitative estimate of drug-likeness (QED) is 0.870. The minimum Gasteiger partial charge on any atom is -0.453 e. The summed E-state index contributed by atoms with van der Waals surface area (Å²) in [6, 6.07) is 11.3. The molecule has 0 saturated carbocycles. The van der Waals surface area contributed by atoms with Crippen molar-refractivity contribution in [2.75, 3.05) is 17.7 Å². The highest BCUT2D eigenvalue weighted by atomic mass is 35.5. The molecule has 0 aliphatic carbocycles. The molecule has 0 aliphatic rings. The van der Waals surface area contributed by atoms with Crippen LogP contribution in [0.2, 0.25) is 10.0 Å². The van der Waals surface area contributed by atoms with Crippen molar-refractivity contribution in [3.05, 3.63) is 58.1 Å². The molecule has 0 aliphatic heterocycles. The largest absolute Gasteiger partial charge is 0.453 e. The molecule has 5 nitrogen and oxygen atoms in total. The van der Waals surface area contributed by atoms with Crippen LogP contribution in [0.25, 0.3) is 0 Å². The molecule has 2 aromatic rings. The van der Waals surface area contributed by atoms with E-state index in [4.69, 9.17) is 23.2 Å². The third-order valence-corrected chi connectivity index (χ3v) is 3.47. The zero-order valence-corrected chi connectivity index (χ0v) is 13.0. The minimum absolute atomic E-state index is 0.301. The molecule has 0 aromatic heterocycles. The zero-order valence-electron chi connectivity index (χ0n) is 11.5. The maximum atomic E-state index is 12.1. The van der Waals surface area contributed by atoms with Crippen LogP contribution in [0.3, 0.4) is 0 Å². The van der Waals surface area contributed by atoms with Crippen molar-refractivity contribution < 1.29 is 14.3 Å². The molecule has 0 atom stereocenters. The average molecular weight is 339 g/mol. The van der Waals surface area contributed by atoms with E-state index in [1.54, 1.807) is 36.4 Å². The molecule has 0 radical (unpaired) electrons. The van der Waals surface area contributed by atoms with Crippen molar-refractivity contribution in [1.29, 1.82) is 0 Å². The SMILES string of the molecule is COC(=O)Nc1cccc(NC(=O)c2ccc(Cl)c(Cl)c2)c1. The lowest BCUT2D eigenvalue weighted by molar-refractivity contribution is 0.102. The van der Waals surface area contributed by atoms with Gasteiger partial charge in [0.1, 0.15) is 0 Å². The van der Waals surface area contributed by atoms with Crippen LogP contribution < -0.4 is 10.6 Å². The number of carbonyl (C=O) groups is 2. The number of amides is 2. The van der Waals surface area contributed by atoms with Crippen LogP contribution in [0, 0.1) is 0 Å². The molecule has 22 heavy (non-hydrogen) atoms. The third-order valence-electron chi connectivity index (χ3n) is 2.73. The number of anilines is 2. The molecule has 7 heteroatoms. The predicted octanol–water partition coefficient (Wildman–Crippen LogP) is 4.42. The molecular formula is C15H12Cl2N2O3. The van der Waals surface area contributed by atoms with E-state index in [-0.39, 0.29) is 5.91 Å². The van der Waals surface area contributed by atoms with Crippen molar-refractivity contribution in [2.24, 2.45) is 0 Å². The van der Waals surface area contributed by atoms with Gasteiger partial charge in [0.15, 0.2) is 0 Å². The van der Waals surface area contributed by atoms with Gasteiger partial charge in [-0.1, -0.05) is 29.3 Å². The fourth-order valence-corrected chi connectivity index (χ4v) is 1.98. The first-order valence-electron chi connectivity index (χ1n) is 6.21. The second-order valence-corrected chi connectivity index (χ2v) is 5.09. The molecule has 0 spiro atoms. The Labute approximate surface area is 137 Å². The van der Waals surface area contributed by atoms with E-state index >= 15 is 0 Å². The highest BCUT2D eigenvalue weighted by Gasteiger charge is 2.09. The number of rotatable bonds is 3. The normalized spacial score (nSPS) is 9.95. The van der Waals surface area contributed by atoms with Crippen molar-refractivity contribution in [1.82, 2.24) is 0 Å². The van der Waals surface area contributed by atoms with Gasteiger partial charge in [0.25, 0.3) is 5.91 Å². The van der Waals surface area contributed by atoms with Gasteiger partial charge in [-0.2, -0.15) is 0 Å². The standard InChI is InChI=1S/C15H12Cl2N2O3/c1-22-15(21)19-11-4-2-3-10(8-11)18-14(20)9-5-6-12(16)13(17)7-9/h2-8H,1H3,(H,18,20)(H,19,21). The van der Waals surface area contributed by atoms with Crippen LogP contribution in [-0.4, -0.2) is 19.1 Å². The number of benzene rings is 2. The smallest absolute Gasteiger partial charge is 0.411 e. The monoisotopic (exact) mass is 338 g/mol. The first kappa shape index (κ1) is 16.1. The average Bonchev–Trinajstić information content (AvgIpc) is 2.50. The van der Waals surface area contributed by atoms with Crippen molar-refractivity contribution >= 4 is 46.6 Å². The van der Waals surface area contributed by atoms with E-state index in [0.717, 1.165) is 0 Å². The molecule has 2 rings (SSSR count). The number of methoxy groups -OCH3 is 1. The Bertz CT molecular complexity index is 720. The summed E-state index contributed by atoms with van der Waals surface area (Å²) < 4.78 is 4.50. The first-order valence-corrected chi connectivity index (χ1v) is 6.96. The minimum atomic E-state index is -0.590. The summed E-state index contributed by atoms with van der Waals surface area (Å²) in [6.07, 6.45) is -0.590. The van der Waals surface area contributed by atoms with Crippen LogP contribution in [0.4, 0.5) is 16.2 Å². The Hall–Kier alpha value is -2.24. The van der Waals surface area contributed by atoms with E-state index in [9.17, 15) is 9.59 Å². The number of hydrogen-bond acceptors (Lipinski definition) is 3. The summed E-state index contributed by atoms with van der Waals surface area (Å²) in [6.45, 7) is 0. The van der Waals surface area contributed by atoms with E-state index in [0.29, 0.717) is 27.0 Å². The Kier molecular flexibility index (Phi) is 5.25. The summed E-state index contributed by atoms with van der Waals surface area (Å²) >= 11 is 11.7. The summed E-state index contributed by atoms with van der Waals surface area (Å²) in [5.41, 5.74) is 1.39. The van der Waals surface area contributed by atoms with E-state index in [1.807, 2.05) is 0 Å². The number of carbonyl (C=O) groups excluding carboxylic acids is 2. The van der Waals surface area contributed by atoms with Gasteiger partial charge in [0, 0.05) is 16.9 Å². The lowest BCUT2D eigenvalue weighted by Gasteiger charge is -2.08. The van der Waals surface area contributed by atoms with Gasteiger partial charge >= 0.3 is 6.09 Å². The second-order valence-electron chi connectivity index (χ2n) is 4.28. The van der Waals surface area contributed by atoms with Crippen LogP contribution >= 0.6 is 23.2 Å². The molecule has 0 bridgehead atoms. The zero-order chi connectivity index (χ0) is 16.1. The highest BCUT2D eigenvalue weighted by Crippen LogP contribution is 2.23. The lowest BCUT2D eigenvalue weighted by atomic mass is 10.2. The van der Waals surface area contributed by atoms with Gasteiger partial charge in [-0.15, -0.1) is 0 Å². The Balaban J connectivity index is 2.12. The third kappa shape index (κ3) is 4.13. The van der Waals surface area contributed by atoms with Gasteiger partial charge in [-0.3, -0.25) is 10.1 Å². The Morgan fingerprint density at radius 2 is 1.64 bits per heavy atom. The van der Waals surface area contributed by atoms with Crippen LogP contribution in [0.15, 0.2) is 42.5 Å². The number of ether oxygens (including phenoxy) is 1. The van der Waals surface area contributed by atoms with E-state index in [1.165, 1.54) is 13.2 Å². The van der Waals surface area contributed by atoms with Crippen LogP contribution in [0.1, 0.15) is 10.4 Å². The number of hydrogen-bond donors (Lipinski definition) is 2. The van der Waals surface area contributed by atoms with E-state index < -0.39 is 6.09 Å². The molecule has 0 fully saturated rings.